The number of hydrogen-bond acceptors (Lipinski definition) is 6. The van der Waals surface area contributed by atoms with Gasteiger partial charge in [0.2, 0.25) is 0 Å². The number of rotatable bonds is 2. The van der Waals surface area contributed by atoms with Gasteiger partial charge in [-0.05, 0) is 57.9 Å². The summed E-state index contributed by atoms with van der Waals surface area (Å²) in [6, 6.07) is 5.62. The number of nitrogens with one attached hydrogen (secondary N) is 1. The summed E-state index contributed by atoms with van der Waals surface area (Å²) in [5.41, 5.74) is 6.52. The average molecular weight is 418 g/mol. The molecule has 31 heavy (non-hydrogen) atoms. The highest BCUT2D eigenvalue weighted by molar-refractivity contribution is 5.64. The molecule has 1 saturated heterocycles. The van der Waals surface area contributed by atoms with Crippen LogP contribution in [0.25, 0.3) is 22.7 Å². The molecule has 160 valence electrons. The monoisotopic (exact) mass is 417 g/mol. The van der Waals surface area contributed by atoms with E-state index in [0.717, 1.165) is 47.8 Å². The second-order valence-electron chi connectivity index (χ2n) is 9.15. The van der Waals surface area contributed by atoms with E-state index in [1.165, 1.54) is 0 Å². The summed E-state index contributed by atoms with van der Waals surface area (Å²) >= 11 is 0. The predicted molar refractivity (Wildman–Crippen MR) is 122 cm³/mol. The Balaban J connectivity index is 1.62. The molecular formula is C23H27N7O. The van der Waals surface area contributed by atoms with E-state index in [1.807, 2.05) is 39.2 Å². The van der Waals surface area contributed by atoms with Crippen LogP contribution in [0.2, 0.25) is 0 Å². The van der Waals surface area contributed by atoms with E-state index in [2.05, 4.69) is 40.2 Å². The van der Waals surface area contributed by atoms with Gasteiger partial charge in [0.15, 0.2) is 5.65 Å². The Morgan fingerprint density at radius 1 is 0.968 bits per heavy atom. The third-order valence-electron chi connectivity index (χ3n) is 5.86. The topological polar surface area (TPSA) is 79.8 Å². The number of fused-ring (bicyclic) bond motifs is 2. The Morgan fingerprint density at radius 3 is 2.52 bits per heavy atom. The van der Waals surface area contributed by atoms with E-state index in [4.69, 9.17) is 4.98 Å². The largest absolute Gasteiger partial charge is 0.367 e. The fourth-order valence-corrected chi connectivity index (χ4v) is 4.39. The molecule has 0 radical (unpaired) electrons. The highest BCUT2D eigenvalue weighted by Gasteiger charge is 2.26. The summed E-state index contributed by atoms with van der Waals surface area (Å²) < 4.78 is 3.40. The highest BCUT2D eigenvalue weighted by atomic mass is 16.1. The van der Waals surface area contributed by atoms with Crippen molar-refractivity contribution in [3.63, 3.8) is 0 Å². The molecule has 1 fully saturated rings. The van der Waals surface area contributed by atoms with E-state index in [-0.39, 0.29) is 11.1 Å². The molecule has 5 heterocycles. The number of anilines is 1. The summed E-state index contributed by atoms with van der Waals surface area (Å²) in [5, 5.41) is 8.17. The van der Waals surface area contributed by atoms with Crippen molar-refractivity contribution < 1.29 is 0 Å². The van der Waals surface area contributed by atoms with Crippen LogP contribution in [0.1, 0.15) is 30.7 Å². The third kappa shape index (κ3) is 3.46. The van der Waals surface area contributed by atoms with Crippen LogP contribution in [0.4, 0.5) is 5.69 Å². The highest BCUT2D eigenvalue weighted by Crippen LogP contribution is 2.24. The van der Waals surface area contributed by atoms with Crippen LogP contribution >= 0.6 is 0 Å². The van der Waals surface area contributed by atoms with Gasteiger partial charge in [-0.15, -0.1) is 0 Å². The molecule has 4 aromatic heterocycles. The first-order valence-electron chi connectivity index (χ1n) is 10.6. The summed E-state index contributed by atoms with van der Waals surface area (Å²) in [5.74, 6) is 0. The normalized spacial score (nSPS) is 16.4. The standard InChI is InChI=1S/C23H27N7O/c1-14-8-17(28-7-6-24-23(4,5)13-28)12-29-20(31)10-18(26-21(14)29)19-9-15(2)22-25-16(3)11-30(22)27-19/h8-12,24H,6-7,13H2,1-5H3. The molecule has 0 aromatic carbocycles. The van der Waals surface area contributed by atoms with Crippen molar-refractivity contribution in [2.75, 3.05) is 24.5 Å². The van der Waals surface area contributed by atoms with Gasteiger partial charge in [-0.25, -0.2) is 14.5 Å². The van der Waals surface area contributed by atoms with Gasteiger partial charge in [0.25, 0.3) is 5.56 Å². The Kier molecular flexibility index (Phi) is 4.37. The van der Waals surface area contributed by atoms with Gasteiger partial charge in [-0.3, -0.25) is 9.20 Å². The molecule has 0 atom stereocenters. The molecule has 1 N–H and O–H groups in total. The lowest BCUT2D eigenvalue weighted by Crippen LogP contribution is -2.57. The minimum atomic E-state index is -0.110. The van der Waals surface area contributed by atoms with Crippen molar-refractivity contribution in [1.82, 2.24) is 29.3 Å². The summed E-state index contributed by atoms with van der Waals surface area (Å²) in [6.45, 7) is 13.0. The molecule has 0 amide bonds. The first kappa shape index (κ1) is 19.7. The van der Waals surface area contributed by atoms with Crippen LogP contribution in [0.15, 0.2) is 35.4 Å². The van der Waals surface area contributed by atoms with E-state index in [0.29, 0.717) is 17.0 Å². The van der Waals surface area contributed by atoms with Crippen molar-refractivity contribution in [3.05, 3.63) is 57.8 Å². The third-order valence-corrected chi connectivity index (χ3v) is 5.86. The molecule has 0 aliphatic carbocycles. The van der Waals surface area contributed by atoms with Gasteiger partial charge >= 0.3 is 0 Å². The zero-order valence-electron chi connectivity index (χ0n) is 18.6. The predicted octanol–water partition coefficient (Wildman–Crippen LogP) is 2.52. The van der Waals surface area contributed by atoms with Gasteiger partial charge < -0.3 is 10.2 Å². The Morgan fingerprint density at radius 2 is 1.74 bits per heavy atom. The zero-order chi connectivity index (χ0) is 21.9. The molecule has 8 nitrogen and oxygen atoms in total. The number of imidazole rings is 1. The summed E-state index contributed by atoms with van der Waals surface area (Å²) in [7, 11) is 0. The minimum absolute atomic E-state index is 0.0298. The number of pyridine rings is 1. The molecule has 1 aliphatic rings. The molecule has 4 aromatic rings. The van der Waals surface area contributed by atoms with Crippen molar-refractivity contribution in [3.8, 4) is 11.4 Å². The fourth-order valence-electron chi connectivity index (χ4n) is 4.39. The maximum Gasteiger partial charge on any atom is 0.258 e. The number of aryl methyl sites for hydroxylation is 3. The fraction of sp³-hybridized carbons (Fsp3) is 0.391. The van der Waals surface area contributed by atoms with Crippen LogP contribution in [-0.2, 0) is 0 Å². The van der Waals surface area contributed by atoms with Crippen molar-refractivity contribution in [2.45, 2.75) is 40.2 Å². The van der Waals surface area contributed by atoms with Gasteiger partial charge in [-0.1, -0.05) is 0 Å². The molecule has 0 saturated carbocycles. The molecule has 0 bridgehead atoms. The Bertz CT molecular complexity index is 1380. The SMILES string of the molecule is Cc1cn2nc(-c3cc(=O)n4cc(N5CCNC(C)(C)C5)cc(C)c4n3)cc(C)c2n1. The molecule has 0 spiro atoms. The number of piperazine rings is 1. The van der Waals surface area contributed by atoms with E-state index < -0.39 is 0 Å². The van der Waals surface area contributed by atoms with Crippen LogP contribution in [0.5, 0.6) is 0 Å². The number of aromatic nitrogens is 5. The molecular weight excluding hydrogens is 390 g/mol. The summed E-state index contributed by atoms with van der Waals surface area (Å²) in [6.07, 6.45) is 3.79. The second kappa shape index (κ2) is 6.88. The zero-order valence-corrected chi connectivity index (χ0v) is 18.6. The van der Waals surface area contributed by atoms with Gasteiger partial charge in [0.05, 0.1) is 23.3 Å². The molecule has 5 rings (SSSR count). The lowest BCUT2D eigenvalue weighted by atomic mass is 10.0. The Hall–Kier alpha value is -3.26. The van der Waals surface area contributed by atoms with Gasteiger partial charge in [-0.2, -0.15) is 5.10 Å². The number of nitrogens with zero attached hydrogens (tertiary/aromatic N) is 6. The maximum absolute atomic E-state index is 13.1. The van der Waals surface area contributed by atoms with Gasteiger partial charge in [0, 0.05) is 37.4 Å². The van der Waals surface area contributed by atoms with E-state index in [1.54, 1.807) is 15.0 Å². The quantitative estimate of drug-likeness (QED) is 0.540. The van der Waals surface area contributed by atoms with Crippen LogP contribution < -0.4 is 15.8 Å². The lowest BCUT2D eigenvalue weighted by Gasteiger charge is -2.40. The average Bonchev–Trinajstić information content (AvgIpc) is 3.08. The lowest BCUT2D eigenvalue weighted by molar-refractivity contribution is 0.353. The summed E-state index contributed by atoms with van der Waals surface area (Å²) in [4.78, 5) is 24.7. The second-order valence-corrected chi connectivity index (χ2v) is 9.15. The van der Waals surface area contributed by atoms with Crippen molar-refractivity contribution in [1.29, 1.82) is 0 Å². The van der Waals surface area contributed by atoms with Crippen LogP contribution in [-0.4, -0.2) is 49.2 Å². The van der Waals surface area contributed by atoms with Crippen molar-refractivity contribution >= 4 is 17.0 Å². The molecule has 8 heteroatoms. The maximum atomic E-state index is 13.1. The van der Waals surface area contributed by atoms with Crippen LogP contribution in [0.3, 0.4) is 0 Å². The van der Waals surface area contributed by atoms with E-state index >= 15 is 0 Å². The minimum Gasteiger partial charge on any atom is -0.367 e. The van der Waals surface area contributed by atoms with Crippen molar-refractivity contribution in [2.24, 2.45) is 0 Å². The smallest absolute Gasteiger partial charge is 0.258 e. The Labute approximate surface area is 180 Å². The first-order chi connectivity index (χ1) is 14.7. The molecule has 1 aliphatic heterocycles. The van der Waals surface area contributed by atoms with Crippen LogP contribution in [0, 0.1) is 20.8 Å². The number of hydrogen-bond donors (Lipinski definition) is 1. The van der Waals surface area contributed by atoms with Gasteiger partial charge in [0.1, 0.15) is 11.3 Å². The first-order valence-corrected chi connectivity index (χ1v) is 10.6. The van der Waals surface area contributed by atoms with E-state index in [9.17, 15) is 4.79 Å². The molecule has 0 unspecified atom stereocenters.